The van der Waals surface area contributed by atoms with E-state index in [1.165, 1.54) is 17.4 Å². The van der Waals surface area contributed by atoms with E-state index in [2.05, 4.69) is 5.10 Å². The number of nitrogens with zero attached hydrogens (tertiary/aromatic N) is 3. The molecule has 0 saturated carbocycles. The summed E-state index contributed by atoms with van der Waals surface area (Å²) in [6, 6.07) is 4.59. The van der Waals surface area contributed by atoms with Crippen molar-refractivity contribution in [3.63, 3.8) is 0 Å². The van der Waals surface area contributed by atoms with Gasteiger partial charge in [0.2, 0.25) is 10.0 Å². The first kappa shape index (κ1) is 18.3. The molecule has 0 bridgehead atoms. The highest BCUT2D eigenvalue weighted by Crippen LogP contribution is 2.31. The van der Waals surface area contributed by atoms with Crippen molar-refractivity contribution >= 4 is 33.2 Å². The molecule has 5 nitrogen and oxygen atoms in total. The molecule has 0 atom stereocenters. The summed E-state index contributed by atoms with van der Waals surface area (Å²) in [4.78, 5) is 0.00811. The largest absolute Gasteiger partial charge is 0.272 e. The third kappa shape index (κ3) is 3.40. The molecule has 1 heterocycles. The predicted molar refractivity (Wildman–Crippen MR) is 92.4 cm³/mol. The van der Waals surface area contributed by atoms with E-state index in [0.29, 0.717) is 0 Å². The van der Waals surface area contributed by atoms with Gasteiger partial charge in [0, 0.05) is 31.9 Å². The number of hydrogen-bond donors (Lipinski definition) is 0. The number of aryl methyl sites for hydroxylation is 2. The van der Waals surface area contributed by atoms with Gasteiger partial charge in [0.15, 0.2) is 0 Å². The van der Waals surface area contributed by atoms with E-state index >= 15 is 0 Å². The summed E-state index contributed by atoms with van der Waals surface area (Å²) in [5.41, 5.74) is 2.75. The van der Waals surface area contributed by atoms with Crippen LogP contribution in [0.2, 0.25) is 10.0 Å². The summed E-state index contributed by atoms with van der Waals surface area (Å²) in [6.07, 6.45) is 0.776. The van der Waals surface area contributed by atoms with Crippen LogP contribution in [0.3, 0.4) is 0 Å². The van der Waals surface area contributed by atoms with Gasteiger partial charge in [-0.2, -0.15) is 9.40 Å². The van der Waals surface area contributed by atoms with E-state index in [0.717, 1.165) is 23.4 Å². The van der Waals surface area contributed by atoms with Gasteiger partial charge in [0.1, 0.15) is 4.90 Å². The zero-order chi connectivity index (χ0) is 17.4. The summed E-state index contributed by atoms with van der Waals surface area (Å²) < 4.78 is 28.6. The van der Waals surface area contributed by atoms with Gasteiger partial charge in [-0.05, 0) is 25.5 Å². The van der Waals surface area contributed by atoms with Crippen molar-refractivity contribution in [3.8, 4) is 0 Å². The Bertz CT molecular complexity index is 831. The first-order valence-electron chi connectivity index (χ1n) is 7.11. The van der Waals surface area contributed by atoms with E-state index in [1.54, 1.807) is 16.8 Å². The van der Waals surface area contributed by atoms with E-state index in [1.807, 2.05) is 20.9 Å². The Labute approximate surface area is 146 Å². The van der Waals surface area contributed by atoms with Gasteiger partial charge in [-0.25, -0.2) is 8.42 Å². The molecule has 0 spiro atoms. The lowest BCUT2D eigenvalue weighted by Crippen LogP contribution is -2.27. The highest BCUT2D eigenvalue weighted by molar-refractivity contribution is 7.89. The SMILES string of the molecule is CCc1c(CN(C)S(=O)(=O)c2cccc(Cl)c2Cl)c(C)nn1C. The van der Waals surface area contributed by atoms with Crippen LogP contribution in [0.4, 0.5) is 0 Å². The summed E-state index contributed by atoms with van der Waals surface area (Å²) >= 11 is 12.0. The summed E-state index contributed by atoms with van der Waals surface area (Å²) in [7, 11) is -0.358. The summed E-state index contributed by atoms with van der Waals surface area (Å²) in [5, 5.41) is 4.63. The van der Waals surface area contributed by atoms with E-state index in [9.17, 15) is 8.42 Å². The Morgan fingerprint density at radius 3 is 2.57 bits per heavy atom. The van der Waals surface area contributed by atoms with Crippen molar-refractivity contribution in [1.29, 1.82) is 0 Å². The van der Waals surface area contributed by atoms with Crippen LogP contribution in [-0.2, 0) is 30.0 Å². The average Bonchev–Trinajstić information content (AvgIpc) is 2.75. The Kier molecular flexibility index (Phi) is 5.41. The zero-order valence-electron chi connectivity index (χ0n) is 13.5. The normalized spacial score (nSPS) is 12.1. The monoisotopic (exact) mass is 375 g/mol. The van der Waals surface area contributed by atoms with Gasteiger partial charge < -0.3 is 0 Å². The molecule has 0 aliphatic carbocycles. The smallest absolute Gasteiger partial charge is 0.244 e. The van der Waals surface area contributed by atoms with Crippen LogP contribution in [0.1, 0.15) is 23.9 Å². The topological polar surface area (TPSA) is 55.2 Å². The number of benzene rings is 1. The van der Waals surface area contributed by atoms with Crippen molar-refractivity contribution < 1.29 is 8.42 Å². The zero-order valence-corrected chi connectivity index (χ0v) is 15.8. The lowest BCUT2D eigenvalue weighted by atomic mass is 10.1. The maximum Gasteiger partial charge on any atom is 0.244 e. The fourth-order valence-electron chi connectivity index (χ4n) is 2.56. The van der Waals surface area contributed by atoms with Crippen LogP contribution >= 0.6 is 23.2 Å². The van der Waals surface area contributed by atoms with Gasteiger partial charge in [-0.3, -0.25) is 4.68 Å². The van der Waals surface area contributed by atoms with Crippen LogP contribution in [0.5, 0.6) is 0 Å². The van der Waals surface area contributed by atoms with Crippen molar-refractivity contribution in [2.24, 2.45) is 7.05 Å². The first-order valence-corrected chi connectivity index (χ1v) is 9.31. The average molecular weight is 376 g/mol. The van der Waals surface area contributed by atoms with Gasteiger partial charge >= 0.3 is 0 Å². The van der Waals surface area contributed by atoms with Gasteiger partial charge in [0.25, 0.3) is 0 Å². The summed E-state index contributed by atoms with van der Waals surface area (Å²) in [5.74, 6) is 0. The maximum absolute atomic E-state index is 12.8. The number of hydrogen-bond acceptors (Lipinski definition) is 3. The number of aromatic nitrogens is 2. The fraction of sp³-hybridized carbons (Fsp3) is 0.400. The van der Waals surface area contributed by atoms with Crippen LogP contribution in [0.15, 0.2) is 23.1 Å². The molecule has 0 amide bonds. The minimum atomic E-state index is -3.74. The minimum Gasteiger partial charge on any atom is -0.272 e. The third-order valence-corrected chi connectivity index (χ3v) is 6.57. The molecule has 0 saturated heterocycles. The molecule has 0 N–H and O–H groups in total. The van der Waals surface area contributed by atoms with Crippen molar-refractivity contribution in [2.45, 2.75) is 31.7 Å². The van der Waals surface area contributed by atoms with Crippen LogP contribution in [0, 0.1) is 6.92 Å². The van der Waals surface area contributed by atoms with E-state index in [-0.39, 0.29) is 21.5 Å². The van der Waals surface area contributed by atoms with E-state index < -0.39 is 10.0 Å². The van der Waals surface area contributed by atoms with Gasteiger partial charge in [0.05, 0.1) is 15.7 Å². The van der Waals surface area contributed by atoms with Crippen LogP contribution in [-0.4, -0.2) is 29.6 Å². The Morgan fingerprint density at radius 2 is 1.96 bits per heavy atom. The highest BCUT2D eigenvalue weighted by Gasteiger charge is 2.26. The molecule has 0 unspecified atom stereocenters. The molecule has 1 aromatic carbocycles. The fourth-order valence-corrected chi connectivity index (χ4v) is 4.43. The molecule has 126 valence electrons. The number of sulfonamides is 1. The molecular weight excluding hydrogens is 357 g/mol. The number of rotatable bonds is 5. The Balaban J connectivity index is 2.41. The minimum absolute atomic E-state index is 0.00811. The summed E-state index contributed by atoms with van der Waals surface area (Å²) in [6.45, 7) is 4.12. The second-order valence-corrected chi connectivity index (χ2v) is 8.10. The van der Waals surface area contributed by atoms with Crippen molar-refractivity contribution in [2.75, 3.05) is 7.05 Å². The molecule has 2 rings (SSSR count). The Hall–Kier alpha value is -1.08. The third-order valence-electron chi connectivity index (χ3n) is 3.80. The molecule has 0 aliphatic rings. The quantitative estimate of drug-likeness (QED) is 0.804. The van der Waals surface area contributed by atoms with Crippen LogP contribution < -0.4 is 0 Å². The molecule has 23 heavy (non-hydrogen) atoms. The van der Waals surface area contributed by atoms with Crippen LogP contribution in [0.25, 0.3) is 0 Å². The molecule has 0 radical (unpaired) electrons. The molecule has 0 fully saturated rings. The molecule has 2 aromatic rings. The lowest BCUT2D eigenvalue weighted by molar-refractivity contribution is 0.464. The van der Waals surface area contributed by atoms with Crippen molar-refractivity contribution in [1.82, 2.24) is 14.1 Å². The highest BCUT2D eigenvalue weighted by atomic mass is 35.5. The van der Waals surface area contributed by atoms with Crippen molar-refractivity contribution in [3.05, 3.63) is 45.2 Å². The molecule has 8 heteroatoms. The van der Waals surface area contributed by atoms with E-state index in [4.69, 9.17) is 23.2 Å². The Morgan fingerprint density at radius 1 is 1.30 bits per heavy atom. The molecule has 0 aliphatic heterocycles. The molecule has 1 aromatic heterocycles. The van der Waals surface area contributed by atoms with Gasteiger partial charge in [-0.15, -0.1) is 0 Å². The second-order valence-electron chi connectivity index (χ2n) is 5.30. The van der Waals surface area contributed by atoms with Gasteiger partial charge in [-0.1, -0.05) is 36.2 Å². The lowest BCUT2D eigenvalue weighted by Gasteiger charge is -2.19. The maximum atomic E-state index is 12.8. The number of halogens is 2. The standard InChI is InChI=1S/C15H19Cl2N3O2S/c1-5-13-11(10(2)18-20(13)4)9-19(3)23(21,22)14-8-6-7-12(16)15(14)17/h6-8H,5,9H2,1-4H3. The molecular formula is C15H19Cl2N3O2S. The second kappa shape index (κ2) is 6.81. The first-order chi connectivity index (χ1) is 10.7. The predicted octanol–water partition coefficient (Wildman–Crippen LogP) is 3.42.